The van der Waals surface area contributed by atoms with E-state index in [0.29, 0.717) is 24.3 Å². The van der Waals surface area contributed by atoms with Gasteiger partial charge in [0.2, 0.25) is 6.41 Å². The maximum Gasteiger partial charge on any atom is 0.416 e. The average Bonchev–Trinajstić information content (AvgIpc) is 2.80. The number of nitrogens with one attached hydrogen (secondary N) is 2. The minimum atomic E-state index is -4.37. The first-order valence-electron chi connectivity index (χ1n) is 9.60. The Bertz CT molecular complexity index is 618. The van der Waals surface area contributed by atoms with Crippen molar-refractivity contribution in [3.8, 4) is 0 Å². The van der Waals surface area contributed by atoms with Gasteiger partial charge in [-0.05, 0) is 62.0 Å². The standard InChI is InChI=1S/C21H31F3N2O/c1-15(16-7-5-6-8-18(13-16)21(22,23)24)26-20(25-14-27)11-9-17(10-12-20)19(2,3)4/h5-6,8,13-15,17,26H,7,9-12H2,1-4H3,(H,25,27). The quantitative estimate of drug-likeness (QED) is 0.516. The molecule has 6 heteroatoms. The van der Waals surface area contributed by atoms with Crippen molar-refractivity contribution in [3.05, 3.63) is 35.5 Å². The van der Waals surface area contributed by atoms with Crippen LogP contribution in [0, 0.1) is 11.3 Å². The van der Waals surface area contributed by atoms with Gasteiger partial charge in [-0.15, -0.1) is 0 Å². The Morgan fingerprint density at radius 2 is 1.85 bits per heavy atom. The van der Waals surface area contributed by atoms with Crippen LogP contribution in [0.3, 0.4) is 0 Å². The topological polar surface area (TPSA) is 41.1 Å². The van der Waals surface area contributed by atoms with E-state index in [4.69, 9.17) is 0 Å². The largest absolute Gasteiger partial charge is 0.416 e. The first-order chi connectivity index (χ1) is 12.5. The Morgan fingerprint density at radius 1 is 1.22 bits per heavy atom. The van der Waals surface area contributed by atoms with Gasteiger partial charge in [-0.25, -0.2) is 0 Å². The predicted molar refractivity (Wildman–Crippen MR) is 102 cm³/mol. The van der Waals surface area contributed by atoms with E-state index in [2.05, 4.69) is 31.4 Å². The molecular formula is C21H31F3N2O. The maximum absolute atomic E-state index is 13.1. The summed E-state index contributed by atoms with van der Waals surface area (Å²) in [5.41, 5.74) is -0.340. The second kappa shape index (κ2) is 8.21. The minimum Gasteiger partial charge on any atom is -0.341 e. The highest BCUT2D eigenvalue weighted by Crippen LogP contribution is 2.41. The van der Waals surface area contributed by atoms with Crippen LogP contribution >= 0.6 is 0 Å². The molecule has 0 aromatic carbocycles. The van der Waals surface area contributed by atoms with Gasteiger partial charge in [0, 0.05) is 6.04 Å². The lowest BCUT2D eigenvalue weighted by molar-refractivity contribution is -0.112. The molecule has 2 N–H and O–H groups in total. The summed E-state index contributed by atoms with van der Waals surface area (Å²) in [5, 5.41) is 6.36. The zero-order valence-corrected chi connectivity index (χ0v) is 16.6. The van der Waals surface area contributed by atoms with Gasteiger partial charge in [0.05, 0.1) is 11.2 Å². The molecule has 0 aromatic rings. The van der Waals surface area contributed by atoms with E-state index >= 15 is 0 Å². The van der Waals surface area contributed by atoms with E-state index in [1.165, 1.54) is 12.2 Å². The van der Waals surface area contributed by atoms with Gasteiger partial charge in [0.15, 0.2) is 0 Å². The van der Waals surface area contributed by atoms with Crippen LogP contribution in [0.25, 0.3) is 0 Å². The average molecular weight is 384 g/mol. The van der Waals surface area contributed by atoms with Gasteiger partial charge in [-0.1, -0.05) is 39.0 Å². The zero-order valence-electron chi connectivity index (χ0n) is 16.6. The molecule has 1 fully saturated rings. The Hall–Kier alpha value is -1.56. The van der Waals surface area contributed by atoms with Crippen LogP contribution in [0.1, 0.15) is 59.8 Å². The molecule has 1 saturated carbocycles. The highest BCUT2D eigenvalue weighted by Gasteiger charge is 2.40. The summed E-state index contributed by atoms with van der Waals surface area (Å²) in [6.45, 7) is 8.54. The lowest BCUT2D eigenvalue weighted by atomic mass is 9.69. The van der Waals surface area contributed by atoms with E-state index in [1.807, 2.05) is 6.92 Å². The smallest absolute Gasteiger partial charge is 0.341 e. The van der Waals surface area contributed by atoms with Crippen molar-refractivity contribution in [2.45, 2.75) is 77.7 Å². The van der Waals surface area contributed by atoms with Crippen molar-refractivity contribution >= 4 is 6.41 Å². The molecule has 1 amide bonds. The number of halogens is 3. The number of amides is 1. The summed E-state index contributed by atoms with van der Waals surface area (Å²) in [4.78, 5) is 11.2. The van der Waals surface area contributed by atoms with Gasteiger partial charge in [-0.2, -0.15) is 13.2 Å². The molecule has 3 nitrogen and oxygen atoms in total. The predicted octanol–water partition coefficient (Wildman–Crippen LogP) is 5.02. The molecule has 2 rings (SSSR count). The van der Waals surface area contributed by atoms with Crippen molar-refractivity contribution in [2.24, 2.45) is 11.3 Å². The number of hydrogen-bond donors (Lipinski definition) is 2. The van der Waals surface area contributed by atoms with Gasteiger partial charge in [0.1, 0.15) is 0 Å². The molecule has 0 aromatic heterocycles. The van der Waals surface area contributed by atoms with Gasteiger partial charge >= 0.3 is 6.18 Å². The second-order valence-electron chi connectivity index (χ2n) is 8.82. The molecule has 0 spiro atoms. The molecule has 0 bridgehead atoms. The summed E-state index contributed by atoms with van der Waals surface area (Å²) >= 11 is 0. The van der Waals surface area contributed by atoms with Crippen LogP contribution in [-0.2, 0) is 4.79 Å². The number of carbonyl (C=O) groups excluding carboxylic acids is 1. The normalized spacial score (nSPS) is 28.0. The Labute approximate surface area is 160 Å². The summed E-state index contributed by atoms with van der Waals surface area (Å²) in [7, 11) is 0. The van der Waals surface area contributed by atoms with Crippen LogP contribution in [0.2, 0.25) is 0 Å². The van der Waals surface area contributed by atoms with Gasteiger partial charge in [0.25, 0.3) is 0 Å². The number of carbonyl (C=O) groups is 1. The summed E-state index contributed by atoms with van der Waals surface area (Å²) in [6.07, 6.45) is 5.77. The third-order valence-corrected chi connectivity index (χ3v) is 5.88. The van der Waals surface area contributed by atoms with Crippen molar-refractivity contribution in [3.63, 3.8) is 0 Å². The van der Waals surface area contributed by atoms with E-state index in [0.717, 1.165) is 31.8 Å². The van der Waals surface area contributed by atoms with Crippen LogP contribution < -0.4 is 10.6 Å². The Morgan fingerprint density at radius 3 is 2.37 bits per heavy atom. The first-order valence-corrected chi connectivity index (χ1v) is 9.60. The molecule has 0 aliphatic heterocycles. The molecule has 1 unspecified atom stereocenters. The van der Waals surface area contributed by atoms with Crippen LogP contribution in [0.4, 0.5) is 13.2 Å². The van der Waals surface area contributed by atoms with E-state index < -0.39 is 17.4 Å². The summed E-state index contributed by atoms with van der Waals surface area (Å²) in [5.74, 6) is 0.566. The lowest BCUT2D eigenvalue weighted by Gasteiger charge is -2.45. The fraction of sp³-hybridized carbons (Fsp3) is 0.667. The molecule has 27 heavy (non-hydrogen) atoms. The number of allylic oxidation sites excluding steroid dienone is 5. The Kier molecular flexibility index (Phi) is 6.61. The number of alkyl halides is 3. The van der Waals surface area contributed by atoms with Gasteiger partial charge in [-0.3, -0.25) is 10.1 Å². The van der Waals surface area contributed by atoms with Crippen molar-refractivity contribution in [2.75, 3.05) is 0 Å². The SMILES string of the molecule is CC(NC1(NC=O)CCC(C(C)(C)C)CC1)C1=CC(C(F)(F)F)=CC=CC1. The van der Waals surface area contributed by atoms with Gasteiger partial charge < -0.3 is 5.32 Å². The third kappa shape index (κ3) is 5.71. The molecule has 0 radical (unpaired) electrons. The van der Waals surface area contributed by atoms with Crippen LogP contribution in [0.5, 0.6) is 0 Å². The first kappa shape index (κ1) is 21.7. The number of hydrogen-bond acceptors (Lipinski definition) is 2. The van der Waals surface area contributed by atoms with Crippen molar-refractivity contribution in [1.82, 2.24) is 10.6 Å². The second-order valence-corrected chi connectivity index (χ2v) is 8.82. The molecule has 152 valence electrons. The highest BCUT2D eigenvalue weighted by molar-refractivity contribution is 5.48. The van der Waals surface area contributed by atoms with Crippen molar-refractivity contribution < 1.29 is 18.0 Å². The minimum absolute atomic E-state index is 0.208. The third-order valence-electron chi connectivity index (χ3n) is 5.88. The summed E-state index contributed by atoms with van der Waals surface area (Å²) in [6, 6.07) is -0.280. The molecule has 0 saturated heterocycles. The zero-order chi connectivity index (χ0) is 20.3. The van der Waals surface area contributed by atoms with E-state index in [1.54, 1.807) is 6.08 Å². The van der Waals surface area contributed by atoms with E-state index in [-0.39, 0.29) is 11.5 Å². The molecule has 2 aliphatic rings. The monoisotopic (exact) mass is 384 g/mol. The van der Waals surface area contributed by atoms with Crippen LogP contribution in [0.15, 0.2) is 35.5 Å². The molecule has 1 atom stereocenters. The fourth-order valence-electron chi connectivity index (χ4n) is 4.09. The lowest BCUT2D eigenvalue weighted by Crippen LogP contribution is -2.61. The fourth-order valence-corrected chi connectivity index (χ4v) is 4.09. The van der Waals surface area contributed by atoms with E-state index in [9.17, 15) is 18.0 Å². The Balaban J connectivity index is 2.15. The molecular weight excluding hydrogens is 353 g/mol. The van der Waals surface area contributed by atoms with Crippen LogP contribution in [-0.4, -0.2) is 24.3 Å². The van der Waals surface area contributed by atoms with Crippen molar-refractivity contribution in [1.29, 1.82) is 0 Å². The highest BCUT2D eigenvalue weighted by atomic mass is 19.4. The molecule has 2 aliphatic carbocycles. The molecule has 0 heterocycles. The summed E-state index contributed by atoms with van der Waals surface area (Å²) < 4.78 is 39.4. The maximum atomic E-state index is 13.1. The number of rotatable bonds is 5.